The van der Waals surface area contributed by atoms with Gasteiger partial charge >= 0.3 is 5.97 Å². The summed E-state index contributed by atoms with van der Waals surface area (Å²) in [6, 6.07) is 7.43. The summed E-state index contributed by atoms with van der Waals surface area (Å²) in [5.74, 6) is 0.938. The van der Waals surface area contributed by atoms with E-state index in [-0.39, 0.29) is 25.0 Å². The summed E-state index contributed by atoms with van der Waals surface area (Å²) in [5, 5.41) is 2.80. The minimum atomic E-state index is -0.399. The summed E-state index contributed by atoms with van der Waals surface area (Å²) in [6.45, 7) is 2.75. The molecule has 1 aromatic rings. The van der Waals surface area contributed by atoms with Crippen LogP contribution in [0.4, 0.5) is 0 Å². The monoisotopic (exact) mass is 369 g/mol. The van der Waals surface area contributed by atoms with E-state index in [2.05, 4.69) is 12.2 Å². The van der Waals surface area contributed by atoms with Gasteiger partial charge in [0.05, 0.1) is 11.3 Å². The Kier molecular flexibility index (Phi) is 8.49. The maximum atomic E-state index is 12.0. The third-order valence-corrected chi connectivity index (χ3v) is 5.87. The Hall–Kier alpha value is -1.18. The van der Waals surface area contributed by atoms with Crippen molar-refractivity contribution in [3.8, 4) is 5.75 Å². The van der Waals surface area contributed by atoms with Crippen molar-refractivity contribution in [3.63, 3.8) is 0 Å². The topological polar surface area (TPSA) is 64.6 Å². The second-order valence-electron chi connectivity index (χ2n) is 5.33. The van der Waals surface area contributed by atoms with Crippen LogP contribution >= 0.6 is 21.6 Å². The molecule has 5 nitrogen and oxygen atoms in total. The van der Waals surface area contributed by atoms with Crippen LogP contribution in [0.3, 0.4) is 0 Å². The number of esters is 1. The Morgan fingerprint density at radius 3 is 2.88 bits per heavy atom. The summed E-state index contributed by atoms with van der Waals surface area (Å²) in [5.41, 5.74) is 0. The molecule has 1 heterocycles. The van der Waals surface area contributed by atoms with Gasteiger partial charge in [0.15, 0.2) is 0 Å². The standard InChI is InChI=1S/C17H23NO4S2/c1-2-23-24-14-8-4-3-7-13(14)22-17(20)11-10-15(19)18-16-9-5-6-12-21-16/h3-4,7-8,16H,2,5-6,9-12H2,1H3,(H,18,19). The number of amides is 1. The van der Waals surface area contributed by atoms with Crippen molar-refractivity contribution in [2.75, 3.05) is 12.4 Å². The third kappa shape index (κ3) is 6.75. The molecule has 7 heteroatoms. The van der Waals surface area contributed by atoms with Gasteiger partial charge in [-0.25, -0.2) is 0 Å². The molecule has 1 aliphatic heterocycles. The van der Waals surface area contributed by atoms with Crippen LogP contribution in [0.1, 0.15) is 39.0 Å². The first-order valence-electron chi connectivity index (χ1n) is 8.19. The fourth-order valence-electron chi connectivity index (χ4n) is 2.22. The number of hydrogen-bond donors (Lipinski definition) is 1. The van der Waals surface area contributed by atoms with Gasteiger partial charge in [-0.1, -0.05) is 40.6 Å². The summed E-state index contributed by atoms with van der Waals surface area (Å²) in [7, 11) is 3.27. The Bertz CT molecular complexity index is 547. The van der Waals surface area contributed by atoms with Crippen molar-refractivity contribution in [2.45, 2.75) is 50.2 Å². The normalized spacial score (nSPS) is 17.3. The minimum Gasteiger partial charge on any atom is -0.425 e. The second kappa shape index (κ2) is 10.6. The predicted octanol–water partition coefficient (Wildman–Crippen LogP) is 3.78. The molecular formula is C17H23NO4S2. The van der Waals surface area contributed by atoms with Crippen molar-refractivity contribution in [1.82, 2.24) is 5.32 Å². The molecular weight excluding hydrogens is 346 g/mol. The molecule has 1 saturated heterocycles. The van der Waals surface area contributed by atoms with Crippen molar-refractivity contribution in [3.05, 3.63) is 24.3 Å². The van der Waals surface area contributed by atoms with Crippen LogP contribution in [0.15, 0.2) is 29.2 Å². The highest BCUT2D eigenvalue weighted by Crippen LogP contribution is 2.37. The molecule has 0 spiro atoms. The summed E-state index contributed by atoms with van der Waals surface area (Å²) < 4.78 is 10.8. The summed E-state index contributed by atoms with van der Waals surface area (Å²) in [6.07, 6.45) is 2.86. The quantitative estimate of drug-likeness (QED) is 0.427. The zero-order valence-corrected chi connectivity index (χ0v) is 15.4. The van der Waals surface area contributed by atoms with Gasteiger partial charge in [-0.15, -0.1) is 0 Å². The second-order valence-corrected chi connectivity index (χ2v) is 7.96. The van der Waals surface area contributed by atoms with Crippen molar-refractivity contribution in [1.29, 1.82) is 0 Å². The minimum absolute atomic E-state index is 0.0540. The van der Waals surface area contributed by atoms with Gasteiger partial charge in [-0.05, 0) is 31.4 Å². The van der Waals surface area contributed by atoms with Gasteiger partial charge in [-0.2, -0.15) is 0 Å². The molecule has 1 amide bonds. The molecule has 0 radical (unpaired) electrons. The first-order valence-corrected chi connectivity index (χ1v) is 10.5. The zero-order chi connectivity index (χ0) is 17.2. The van der Waals surface area contributed by atoms with Crippen LogP contribution in [-0.2, 0) is 14.3 Å². The van der Waals surface area contributed by atoms with Gasteiger partial charge in [0.25, 0.3) is 0 Å². The highest BCUT2D eigenvalue weighted by Gasteiger charge is 2.17. The van der Waals surface area contributed by atoms with E-state index in [9.17, 15) is 9.59 Å². The smallest absolute Gasteiger partial charge is 0.311 e. The molecule has 0 saturated carbocycles. The van der Waals surface area contributed by atoms with Crippen LogP contribution in [0.25, 0.3) is 0 Å². The van der Waals surface area contributed by atoms with E-state index >= 15 is 0 Å². The molecule has 1 aromatic carbocycles. The highest BCUT2D eigenvalue weighted by atomic mass is 33.1. The van der Waals surface area contributed by atoms with Crippen molar-refractivity contribution < 1.29 is 19.1 Å². The maximum absolute atomic E-state index is 12.0. The van der Waals surface area contributed by atoms with Crippen molar-refractivity contribution >= 4 is 33.5 Å². The summed E-state index contributed by atoms with van der Waals surface area (Å²) in [4.78, 5) is 24.8. The van der Waals surface area contributed by atoms with Gasteiger partial charge in [0.1, 0.15) is 12.0 Å². The van der Waals surface area contributed by atoms with E-state index in [1.165, 1.54) is 0 Å². The Labute approximate surface area is 150 Å². The summed E-state index contributed by atoms with van der Waals surface area (Å²) >= 11 is 0. The van der Waals surface area contributed by atoms with E-state index in [0.29, 0.717) is 12.4 Å². The number of benzene rings is 1. The molecule has 132 valence electrons. The Morgan fingerprint density at radius 1 is 1.29 bits per heavy atom. The van der Waals surface area contributed by atoms with Crippen molar-refractivity contribution in [2.24, 2.45) is 0 Å². The number of carbonyl (C=O) groups excluding carboxylic acids is 2. The fourth-order valence-corrected chi connectivity index (χ4v) is 3.94. The van der Waals surface area contributed by atoms with Gasteiger partial charge < -0.3 is 14.8 Å². The van der Waals surface area contributed by atoms with Crippen LogP contribution in [-0.4, -0.2) is 30.5 Å². The van der Waals surface area contributed by atoms with E-state index in [4.69, 9.17) is 9.47 Å². The molecule has 0 aromatic heterocycles. The molecule has 1 fully saturated rings. The number of hydrogen-bond acceptors (Lipinski definition) is 6. The van der Waals surface area contributed by atoms with Gasteiger partial charge in [0, 0.05) is 18.8 Å². The average Bonchev–Trinajstić information content (AvgIpc) is 2.60. The molecule has 1 atom stereocenters. The van der Waals surface area contributed by atoms with Gasteiger partial charge in [0.2, 0.25) is 5.91 Å². The number of carbonyl (C=O) groups is 2. The van der Waals surface area contributed by atoms with Gasteiger partial charge in [-0.3, -0.25) is 9.59 Å². The lowest BCUT2D eigenvalue weighted by atomic mass is 10.2. The lowest BCUT2D eigenvalue weighted by Crippen LogP contribution is -2.39. The lowest BCUT2D eigenvalue weighted by molar-refractivity contribution is -0.137. The Balaban J connectivity index is 1.75. The van der Waals surface area contributed by atoms with Crippen LogP contribution in [0.5, 0.6) is 5.75 Å². The lowest BCUT2D eigenvalue weighted by Gasteiger charge is -2.23. The number of ether oxygens (including phenoxy) is 2. The highest BCUT2D eigenvalue weighted by molar-refractivity contribution is 8.76. The Morgan fingerprint density at radius 2 is 2.12 bits per heavy atom. The van der Waals surface area contributed by atoms with E-state index < -0.39 is 5.97 Å². The molecule has 0 aliphatic carbocycles. The molecule has 0 bridgehead atoms. The van der Waals surface area contributed by atoms with E-state index in [1.54, 1.807) is 27.7 Å². The van der Waals surface area contributed by atoms with E-state index in [1.807, 2.05) is 18.2 Å². The van der Waals surface area contributed by atoms with E-state index in [0.717, 1.165) is 29.9 Å². The number of rotatable bonds is 8. The fraction of sp³-hybridized carbons (Fsp3) is 0.529. The first-order chi connectivity index (χ1) is 11.7. The molecule has 24 heavy (non-hydrogen) atoms. The number of para-hydroxylation sites is 1. The zero-order valence-electron chi connectivity index (χ0n) is 13.8. The predicted molar refractivity (Wildman–Crippen MR) is 97.0 cm³/mol. The largest absolute Gasteiger partial charge is 0.425 e. The van der Waals surface area contributed by atoms with Crippen LogP contribution in [0.2, 0.25) is 0 Å². The first kappa shape index (κ1) is 19.1. The molecule has 1 unspecified atom stereocenters. The maximum Gasteiger partial charge on any atom is 0.311 e. The van der Waals surface area contributed by atoms with Crippen LogP contribution in [0, 0.1) is 0 Å². The number of nitrogens with one attached hydrogen (secondary N) is 1. The molecule has 1 aliphatic rings. The molecule has 1 N–H and O–H groups in total. The molecule has 2 rings (SSSR count). The average molecular weight is 370 g/mol. The third-order valence-electron chi connectivity index (χ3n) is 3.40. The van der Waals surface area contributed by atoms with Crippen LogP contribution < -0.4 is 10.1 Å². The SMILES string of the molecule is CCSSc1ccccc1OC(=O)CCC(=O)NC1CCCCO1.